The Balaban J connectivity index is 1.19. The first kappa shape index (κ1) is 25.6. The van der Waals surface area contributed by atoms with Crippen LogP contribution < -0.4 is 19.9 Å². The summed E-state index contributed by atoms with van der Waals surface area (Å²) in [5, 5.41) is 5.38. The highest BCUT2D eigenvalue weighted by Crippen LogP contribution is 2.29. The van der Waals surface area contributed by atoms with Crippen molar-refractivity contribution in [3.05, 3.63) is 94.0 Å². The van der Waals surface area contributed by atoms with Crippen LogP contribution in [0.4, 0.5) is 5.69 Å². The van der Waals surface area contributed by atoms with Crippen molar-refractivity contribution in [1.29, 1.82) is 0 Å². The summed E-state index contributed by atoms with van der Waals surface area (Å²) in [6.45, 7) is 6.45. The number of hydrogen-bond donors (Lipinski definition) is 1. The second-order valence-electron chi connectivity index (χ2n) is 10.0. The highest BCUT2D eigenvalue weighted by Gasteiger charge is 2.20. The number of hydrogen-bond acceptors (Lipinski definition) is 7. The smallest absolute Gasteiger partial charge is 0.298 e. The van der Waals surface area contributed by atoms with Crippen molar-refractivity contribution >= 4 is 33.8 Å². The summed E-state index contributed by atoms with van der Waals surface area (Å²) in [7, 11) is 3.40. The molecule has 0 unspecified atom stereocenters. The molecular weight excluding hydrogens is 504 g/mol. The van der Waals surface area contributed by atoms with Gasteiger partial charge in [-0.1, -0.05) is 23.8 Å². The minimum Gasteiger partial charge on any atom is -0.496 e. The standard InChI is InChI=1S/C31H32N6O3/c1-21-8-10-25-24(16-21)29-30(34-25)31(38)37(20-32-29)33-18-22-9-11-27(39-2)23(17-22)19-35-12-14-36(15-13-35)26-6-4-5-7-28(26)40-3/h4-11,16-18,20,34H,12-15,19H2,1-3H3. The van der Waals surface area contributed by atoms with E-state index in [1.807, 2.05) is 55.5 Å². The van der Waals surface area contributed by atoms with Crippen molar-refractivity contribution in [1.82, 2.24) is 19.5 Å². The van der Waals surface area contributed by atoms with Crippen LogP contribution in [0.25, 0.3) is 21.9 Å². The first-order valence-corrected chi connectivity index (χ1v) is 13.4. The van der Waals surface area contributed by atoms with Crippen LogP contribution in [0.2, 0.25) is 0 Å². The number of nitrogens with zero attached hydrogens (tertiary/aromatic N) is 5. The van der Waals surface area contributed by atoms with E-state index in [9.17, 15) is 4.79 Å². The molecule has 0 atom stereocenters. The number of ether oxygens (including phenoxy) is 2. The number of piperazine rings is 1. The third-order valence-corrected chi connectivity index (χ3v) is 7.47. The molecular formula is C31H32N6O3. The van der Waals surface area contributed by atoms with Gasteiger partial charge in [-0.25, -0.2) is 4.98 Å². The summed E-state index contributed by atoms with van der Waals surface area (Å²) in [6.07, 6.45) is 3.16. The number of para-hydroxylation sites is 2. The maximum atomic E-state index is 13.1. The molecule has 40 heavy (non-hydrogen) atoms. The quantitative estimate of drug-likeness (QED) is 0.310. The van der Waals surface area contributed by atoms with Gasteiger partial charge in [-0.2, -0.15) is 9.78 Å². The zero-order chi connectivity index (χ0) is 27.6. The molecule has 1 fully saturated rings. The lowest BCUT2D eigenvalue weighted by Crippen LogP contribution is -2.46. The Morgan fingerprint density at radius 3 is 2.58 bits per heavy atom. The van der Waals surface area contributed by atoms with E-state index >= 15 is 0 Å². The van der Waals surface area contributed by atoms with Gasteiger partial charge >= 0.3 is 0 Å². The molecule has 1 aliphatic heterocycles. The lowest BCUT2D eigenvalue weighted by molar-refractivity contribution is 0.245. The zero-order valence-corrected chi connectivity index (χ0v) is 22.9. The molecule has 0 spiro atoms. The van der Waals surface area contributed by atoms with E-state index in [4.69, 9.17) is 9.47 Å². The number of rotatable bonds is 7. The molecule has 0 radical (unpaired) electrons. The number of aromatic amines is 1. The lowest BCUT2D eigenvalue weighted by atomic mass is 10.1. The maximum absolute atomic E-state index is 13.1. The second kappa shape index (κ2) is 10.9. The summed E-state index contributed by atoms with van der Waals surface area (Å²) < 4.78 is 12.5. The minimum atomic E-state index is -0.239. The molecule has 6 rings (SSSR count). The molecule has 3 heterocycles. The maximum Gasteiger partial charge on any atom is 0.298 e. The van der Waals surface area contributed by atoms with E-state index in [1.54, 1.807) is 20.4 Å². The van der Waals surface area contributed by atoms with Crippen LogP contribution in [0.3, 0.4) is 0 Å². The second-order valence-corrected chi connectivity index (χ2v) is 10.0. The van der Waals surface area contributed by atoms with Gasteiger partial charge in [0.25, 0.3) is 5.56 Å². The minimum absolute atomic E-state index is 0.239. The van der Waals surface area contributed by atoms with E-state index in [2.05, 4.69) is 37.0 Å². The summed E-state index contributed by atoms with van der Waals surface area (Å²) in [5.74, 6) is 1.73. The first-order valence-electron chi connectivity index (χ1n) is 13.4. The van der Waals surface area contributed by atoms with Gasteiger partial charge in [-0.3, -0.25) is 9.69 Å². The monoisotopic (exact) mass is 536 g/mol. The molecule has 9 nitrogen and oxygen atoms in total. The first-order chi connectivity index (χ1) is 19.5. The molecule has 1 N–H and O–H groups in total. The Hall–Kier alpha value is -4.63. The SMILES string of the molecule is COc1ccc(C=Nn2cnc3c([nH]c4ccc(C)cc43)c2=O)cc1CN1CCN(c2ccccc2OC)CC1. The largest absolute Gasteiger partial charge is 0.496 e. The fourth-order valence-electron chi connectivity index (χ4n) is 5.35. The topological polar surface area (TPSA) is 88.0 Å². The zero-order valence-electron chi connectivity index (χ0n) is 22.9. The molecule has 0 bridgehead atoms. The molecule has 3 aromatic carbocycles. The predicted molar refractivity (Wildman–Crippen MR) is 159 cm³/mol. The van der Waals surface area contributed by atoms with Crippen molar-refractivity contribution in [2.24, 2.45) is 5.10 Å². The van der Waals surface area contributed by atoms with Gasteiger partial charge in [0, 0.05) is 49.2 Å². The van der Waals surface area contributed by atoms with Gasteiger partial charge in [0.2, 0.25) is 0 Å². The average molecular weight is 537 g/mol. The van der Waals surface area contributed by atoms with Gasteiger partial charge in [0.15, 0.2) is 0 Å². The van der Waals surface area contributed by atoms with E-state index in [0.29, 0.717) is 11.0 Å². The number of aromatic nitrogens is 3. The van der Waals surface area contributed by atoms with Crippen molar-refractivity contribution in [3.63, 3.8) is 0 Å². The highest BCUT2D eigenvalue weighted by atomic mass is 16.5. The molecule has 204 valence electrons. The molecule has 1 aliphatic rings. The fraction of sp³-hybridized carbons (Fsp3) is 0.258. The van der Waals surface area contributed by atoms with Crippen LogP contribution in [0, 0.1) is 6.92 Å². The van der Waals surface area contributed by atoms with Gasteiger partial charge < -0.3 is 19.4 Å². The fourth-order valence-corrected chi connectivity index (χ4v) is 5.35. The van der Waals surface area contributed by atoms with Gasteiger partial charge in [0.1, 0.15) is 28.9 Å². The van der Waals surface area contributed by atoms with Crippen LogP contribution in [0.5, 0.6) is 11.5 Å². The molecule has 0 amide bonds. The predicted octanol–water partition coefficient (Wildman–Crippen LogP) is 4.41. The van der Waals surface area contributed by atoms with Crippen LogP contribution in [0.1, 0.15) is 16.7 Å². The summed E-state index contributed by atoms with van der Waals surface area (Å²) in [4.78, 5) is 25.7. The average Bonchev–Trinajstić information content (AvgIpc) is 3.36. The van der Waals surface area contributed by atoms with E-state index in [1.165, 1.54) is 11.0 Å². The number of methoxy groups -OCH3 is 2. The number of benzene rings is 3. The highest BCUT2D eigenvalue weighted by molar-refractivity contribution is 6.04. The number of nitrogens with one attached hydrogen (secondary N) is 1. The molecule has 0 aliphatic carbocycles. The Morgan fingerprint density at radius 2 is 1.77 bits per heavy atom. The van der Waals surface area contributed by atoms with Crippen LogP contribution in [-0.4, -0.2) is 66.2 Å². The van der Waals surface area contributed by atoms with Crippen molar-refractivity contribution in [2.45, 2.75) is 13.5 Å². The molecule has 2 aromatic heterocycles. The Kier molecular flexibility index (Phi) is 6.96. The van der Waals surface area contributed by atoms with E-state index in [0.717, 1.165) is 77.5 Å². The number of fused-ring (bicyclic) bond motifs is 3. The summed E-state index contributed by atoms with van der Waals surface area (Å²) in [6, 6.07) is 20.1. The number of anilines is 1. The third kappa shape index (κ3) is 4.91. The van der Waals surface area contributed by atoms with Crippen molar-refractivity contribution in [3.8, 4) is 11.5 Å². The Bertz CT molecular complexity index is 1760. The van der Waals surface area contributed by atoms with Crippen molar-refractivity contribution < 1.29 is 9.47 Å². The number of H-pyrrole nitrogens is 1. The molecule has 5 aromatic rings. The van der Waals surface area contributed by atoms with Gasteiger partial charge in [-0.05, 0) is 55.0 Å². The lowest BCUT2D eigenvalue weighted by Gasteiger charge is -2.36. The molecule has 1 saturated heterocycles. The van der Waals surface area contributed by atoms with Gasteiger partial charge in [0.05, 0.1) is 26.1 Å². The normalized spacial score (nSPS) is 14.4. The van der Waals surface area contributed by atoms with E-state index < -0.39 is 0 Å². The summed E-state index contributed by atoms with van der Waals surface area (Å²) >= 11 is 0. The Morgan fingerprint density at radius 1 is 0.975 bits per heavy atom. The summed E-state index contributed by atoms with van der Waals surface area (Å²) in [5.41, 5.74) is 5.95. The van der Waals surface area contributed by atoms with Crippen LogP contribution in [0.15, 0.2) is 76.9 Å². The van der Waals surface area contributed by atoms with Crippen LogP contribution >= 0.6 is 0 Å². The van der Waals surface area contributed by atoms with Gasteiger partial charge in [-0.15, -0.1) is 0 Å². The van der Waals surface area contributed by atoms with Crippen molar-refractivity contribution in [2.75, 3.05) is 45.3 Å². The number of aryl methyl sites for hydroxylation is 1. The molecule has 0 saturated carbocycles. The van der Waals surface area contributed by atoms with E-state index in [-0.39, 0.29) is 5.56 Å². The molecule has 9 heteroatoms. The third-order valence-electron chi connectivity index (χ3n) is 7.47. The van der Waals surface area contributed by atoms with Crippen LogP contribution in [-0.2, 0) is 6.54 Å². The Labute approximate surface area is 232 Å².